The van der Waals surface area contributed by atoms with Crippen LogP contribution in [0.5, 0.6) is 0 Å². The molecule has 0 fully saturated rings. The minimum absolute atomic E-state index is 0.131. The van der Waals surface area contributed by atoms with Crippen molar-refractivity contribution in [1.29, 1.82) is 0 Å². The minimum atomic E-state index is -3.60. The Kier molecular flexibility index (Phi) is 4.36. The first kappa shape index (κ1) is 14.2. The van der Waals surface area contributed by atoms with E-state index in [4.69, 9.17) is 0 Å². The molecule has 6 heteroatoms. The fourth-order valence-electron chi connectivity index (χ4n) is 1.72. The third-order valence-electron chi connectivity index (χ3n) is 2.82. The van der Waals surface area contributed by atoms with Gasteiger partial charge in [0, 0.05) is 11.4 Å². The molecule has 0 unspecified atom stereocenters. The molecule has 2 rings (SSSR count). The van der Waals surface area contributed by atoms with Crippen LogP contribution in [0.25, 0.3) is 0 Å². The number of aryl methyl sites for hydroxylation is 1. The Bertz CT molecular complexity index is 662. The molecule has 1 aromatic heterocycles. The van der Waals surface area contributed by atoms with E-state index in [0.717, 1.165) is 10.4 Å². The molecule has 0 atom stereocenters. The Balaban J connectivity index is 2.21. The van der Waals surface area contributed by atoms with Gasteiger partial charge in [-0.3, -0.25) is 0 Å². The summed E-state index contributed by atoms with van der Waals surface area (Å²) in [6, 6.07) is 8.40. The normalized spacial score (nSPS) is 11.7. The molecule has 19 heavy (non-hydrogen) atoms. The smallest absolute Gasteiger partial charge is 0.241 e. The fraction of sp³-hybridized carbons (Fsp3) is 0.231. The summed E-state index contributed by atoms with van der Waals surface area (Å²) in [6.07, 6.45) is 0. The van der Waals surface area contributed by atoms with Gasteiger partial charge in [0.15, 0.2) is 0 Å². The number of benzene rings is 1. The number of thiophene rings is 1. The highest BCUT2D eigenvalue weighted by atomic mass is 32.2. The van der Waals surface area contributed by atoms with Crippen LogP contribution in [0.2, 0.25) is 0 Å². The Morgan fingerprint density at radius 3 is 2.63 bits per heavy atom. The van der Waals surface area contributed by atoms with Crippen molar-refractivity contribution in [1.82, 2.24) is 4.72 Å². The predicted molar refractivity (Wildman–Crippen MR) is 75.4 cm³/mol. The second-order valence-electron chi connectivity index (χ2n) is 4.12. The van der Waals surface area contributed by atoms with Crippen molar-refractivity contribution < 1.29 is 13.5 Å². The predicted octanol–water partition coefficient (Wildman–Crippen LogP) is 2.03. The van der Waals surface area contributed by atoms with E-state index >= 15 is 0 Å². The van der Waals surface area contributed by atoms with Gasteiger partial charge in [-0.2, -0.15) is 0 Å². The van der Waals surface area contributed by atoms with Crippen LogP contribution >= 0.6 is 11.3 Å². The van der Waals surface area contributed by atoms with Crippen molar-refractivity contribution in [2.75, 3.05) is 0 Å². The largest absolute Gasteiger partial charge is 0.392 e. The van der Waals surface area contributed by atoms with Crippen LogP contribution in [-0.4, -0.2) is 13.5 Å². The SMILES string of the molecule is Cc1ccsc1CNS(=O)(=O)c1ccccc1CO. The van der Waals surface area contributed by atoms with Crippen LogP contribution < -0.4 is 4.72 Å². The maximum Gasteiger partial charge on any atom is 0.241 e. The molecule has 0 bridgehead atoms. The maximum atomic E-state index is 12.2. The highest BCUT2D eigenvalue weighted by Gasteiger charge is 2.17. The zero-order valence-corrected chi connectivity index (χ0v) is 12.1. The highest BCUT2D eigenvalue weighted by Crippen LogP contribution is 2.18. The molecule has 0 radical (unpaired) electrons. The van der Waals surface area contributed by atoms with Gasteiger partial charge in [0.05, 0.1) is 11.5 Å². The van der Waals surface area contributed by atoms with Crippen molar-refractivity contribution in [3.8, 4) is 0 Å². The van der Waals surface area contributed by atoms with Gasteiger partial charge in [0.1, 0.15) is 0 Å². The summed E-state index contributed by atoms with van der Waals surface area (Å²) < 4.78 is 27.0. The van der Waals surface area contributed by atoms with Crippen molar-refractivity contribution in [2.24, 2.45) is 0 Å². The number of sulfonamides is 1. The van der Waals surface area contributed by atoms with E-state index in [1.807, 2.05) is 18.4 Å². The standard InChI is InChI=1S/C13H15NO3S2/c1-10-6-7-18-12(10)8-14-19(16,17)13-5-3-2-4-11(13)9-15/h2-7,14-15H,8-9H2,1H3. The Labute approximate surface area is 116 Å². The van der Waals surface area contributed by atoms with Gasteiger partial charge in [-0.25, -0.2) is 13.1 Å². The lowest BCUT2D eigenvalue weighted by atomic mass is 10.2. The van der Waals surface area contributed by atoms with E-state index in [1.54, 1.807) is 18.2 Å². The molecule has 2 N–H and O–H groups in total. The Hall–Kier alpha value is -1.21. The van der Waals surface area contributed by atoms with Gasteiger partial charge in [-0.05, 0) is 35.6 Å². The summed E-state index contributed by atoms with van der Waals surface area (Å²) in [6.45, 7) is 1.92. The van der Waals surface area contributed by atoms with E-state index in [2.05, 4.69) is 4.72 Å². The van der Waals surface area contributed by atoms with Crippen molar-refractivity contribution in [3.63, 3.8) is 0 Å². The van der Waals surface area contributed by atoms with Crippen LogP contribution in [0, 0.1) is 6.92 Å². The lowest BCUT2D eigenvalue weighted by Crippen LogP contribution is -2.24. The lowest BCUT2D eigenvalue weighted by Gasteiger charge is -2.09. The molecule has 0 aliphatic carbocycles. The molecule has 102 valence electrons. The lowest BCUT2D eigenvalue weighted by molar-refractivity contribution is 0.278. The molecule has 0 spiro atoms. The van der Waals surface area contributed by atoms with Crippen LogP contribution in [0.4, 0.5) is 0 Å². The van der Waals surface area contributed by atoms with Crippen molar-refractivity contribution >= 4 is 21.4 Å². The number of hydrogen-bond donors (Lipinski definition) is 2. The second-order valence-corrected chi connectivity index (χ2v) is 6.85. The first-order valence-electron chi connectivity index (χ1n) is 5.76. The van der Waals surface area contributed by atoms with Crippen LogP contribution in [-0.2, 0) is 23.2 Å². The zero-order chi connectivity index (χ0) is 13.9. The van der Waals surface area contributed by atoms with Crippen molar-refractivity contribution in [3.05, 3.63) is 51.7 Å². The molecule has 1 aromatic carbocycles. The van der Waals surface area contributed by atoms with E-state index in [-0.39, 0.29) is 18.0 Å². The molecule has 0 aliphatic rings. The van der Waals surface area contributed by atoms with Gasteiger partial charge in [0.25, 0.3) is 0 Å². The Morgan fingerprint density at radius 1 is 1.26 bits per heavy atom. The van der Waals surface area contributed by atoms with Crippen LogP contribution in [0.15, 0.2) is 40.6 Å². The number of aliphatic hydroxyl groups excluding tert-OH is 1. The molecule has 0 saturated heterocycles. The summed E-state index contributed by atoms with van der Waals surface area (Å²) in [4.78, 5) is 1.12. The first-order chi connectivity index (χ1) is 9.04. The second kappa shape index (κ2) is 5.83. The van der Waals surface area contributed by atoms with Gasteiger partial charge in [0.2, 0.25) is 10.0 Å². The summed E-state index contributed by atoms with van der Waals surface area (Å²) in [5.41, 5.74) is 1.47. The monoisotopic (exact) mass is 297 g/mol. The van der Waals surface area contributed by atoms with Crippen molar-refractivity contribution in [2.45, 2.75) is 25.0 Å². The number of aliphatic hydroxyl groups is 1. The fourth-order valence-corrected chi connectivity index (χ4v) is 3.88. The number of nitrogens with one attached hydrogen (secondary N) is 1. The molecular formula is C13H15NO3S2. The van der Waals surface area contributed by atoms with Gasteiger partial charge >= 0.3 is 0 Å². The summed E-state index contributed by atoms with van der Waals surface area (Å²) in [5.74, 6) is 0. The Morgan fingerprint density at radius 2 is 2.00 bits per heavy atom. The first-order valence-corrected chi connectivity index (χ1v) is 8.12. The zero-order valence-electron chi connectivity index (χ0n) is 10.5. The topological polar surface area (TPSA) is 66.4 Å². The highest BCUT2D eigenvalue weighted by molar-refractivity contribution is 7.89. The summed E-state index contributed by atoms with van der Waals surface area (Å²) in [7, 11) is -3.60. The maximum absolute atomic E-state index is 12.2. The molecule has 0 amide bonds. The van der Waals surface area contributed by atoms with E-state index < -0.39 is 10.0 Å². The molecule has 4 nitrogen and oxygen atoms in total. The van der Waals surface area contributed by atoms with Gasteiger partial charge < -0.3 is 5.11 Å². The van der Waals surface area contributed by atoms with E-state index in [9.17, 15) is 13.5 Å². The number of hydrogen-bond acceptors (Lipinski definition) is 4. The third kappa shape index (κ3) is 3.22. The average molecular weight is 297 g/mol. The van der Waals surface area contributed by atoms with E-state index in [0.29, 0.717) is 5.56 Å². The molecule has 2 aromatic rings. The van der Waals surface area contributed by atoms with Crippen LogP contribution in [0.1, 0.15) is 16.0 Å². The van der Waals surface area contributed by atoms with Gasteiger partial charge in [-0.1, -0.05) is 18.2 Å². The van der Waals surface area contributed by atoms with Gasteiger partial charge in [-0.15, -0.1) is 11.3 Å². The number of rotatable bonds is 5. The average Bonchev–Trinajstić information content (AvgIpc) is 2.82. The molecular weight excluding hydrogens is 282 g/mol. The van der Waals surface area contributed by atoms with Crippen LogP contribution in [0.3, 0.4) is 0 Å². The summed E-state index contributed by atoms with van der Waals surface area (Å²) in [5, 5.41) is 11.1. The minimum Gasteiger partial charge on any atom is -0.392 e. The molecule has 0 saturated carbocycles. The molecule has 0 aliphatic heterocycles. The quantitative estimate of drug-likeness (QED) is 0.887. The summed E-state index contributed by atoms with van der Waals surface area (Å²) >= 11 is 1.52. The third-order valence-corrected chi connectivity index (χ3v) is 5.35. The van der Waals surface area contributed by atoms with E-state index in [1.165, 1.54) is 17.4 Å². The molecule has 1 heterocycles.